The van der Waals surface area contributed by atoms with Crippen LogP contribution in [-0.2, 0) is 7.05 Å². The smallest absolute Gasteiger partial charge is 0.249 e. The maximum absolute atomic E-state index is 5.47. The summed E-state index contributed by atoms with van der Waals surface area (Å²) in [5, 5.41) is 9.11. The van der Waals surface area contributed by atoms with Gasteiger partial charge in [0.15, 0.2) is 0 Å². The summed E-state index contributed by atoms with van der Waals surface area (Å²) < 4.78 is 7.57. The predicted molar refractivity (Wildman–Crippen MR) is 84.2 cm³/mol. The summed E-state index contributed by atoms with van der Waals surface area (Å²) in [5.74, 6) is 1.04. The van der Waals surface area contributed by atoms with Gasteiger partial charge < -0.3 is 8.98 Å². The van der Waals surface area contributed by atoms with Crippen molar-refractivity contribution in [3.05, 3.63) is 54.8 Å². The molecule has 5 heteroatoms. The molecule has 4 rings (SSSR count). The lowest BCUT2D eigenvalue weighted by atomic mass is 10.0. The van der Waals surface area contributed by atoms with Crippen LogP contribution in [0.15, 0.2) is 53.3 Å². The molecule has 0 N–H and O–H groups in total. The monoisotopic (exact) mass is 290 g/mol. The van der Waals surface area contributed by atoms with E-state index in [1.54, 1.807) is 13.1 Å². The fraction of sp³-hybridized carbons (Fsp3) is 0.118. The van der Waals surface area contributed by atoms with E-state index in [4.69, 9.17) is 4.42 Å². The Morgan fingerprint density at radius 3 is 2.64 bits per heavy atom. The van der Waals surface area contributed by atoms with Gasteiger partial charge in [0.05, 0.1) is 5.56 Å². The van der Waals surface area contributed by atoms with Crippen LogP contribution < -0.4 is 0 Å². The third-order valence-electron chi connectivity index (χ3n) is 3.73. The largest absolute Gasteiger partial charge is 0.421 e. The van der Waals surface area contributed by atoms with Gasteiger partial charge in [-0.3, -0.25) is 4.98 Å². The summed E-state index contributed by atoms with van der Waals surface area (Å²) >= 11 is 0. The Bertz CT molecular complexity index is 968. The van der Waals surface area contributed by atoms with Crippen LogP contribution in [-0.4, -0.2) is 19.7 Å². The van der Waals surface area contributed by atoms with Gasteiger partial charge in [-0.25, -0.2) is 0 Å². The number of rotatable bonds is 2. The van der Waals surface area contributed by atoms with Gasteiger partial charge in [-0.05, 0) is 29.8 Å². The normalized spacial score (nSPS) is 11.2. The Morgan fingerprint density at radius 2 is 1.82 bits per heavy atom. The minimum Gasteiger partial charge on any atom is -0.421 e. The first-order chi connectivity index (χ1) is 10.7. The van der Waals surface area contributed by atoms with Crippen molar-refractivity contribution in [3.8, 4) is 22.6 Å². The highest BCUT2D eigenvalue weighted by Crippen LogP contribution is 2.27. The van der Waals surface area contributed by atoms with Gasteiger partial charge in [-0.15, -0.1) is 10.2 Å². The minimum absolute atomic E-state index is 0.493. The van der Waals surface area contributed by atoms with Crippen LogP contribution in [0.25, 0.3) is 33.5 Å². The number of hydrogen-bond donors (Lipinski definition) is 0. The topological polar surface area (TPSA) is 56.7 Å². The molecular weight excluding hydrogens is 276 g/mol. The SMILES string of the molecule is Cc1nnc(-c2cncc(-c3ccc4c(ccn4C)c3)c2)o1. The van der Waals surface area contributed by atoms with E-state index in [1.165, 1.54) is 10.9 Å². The van der Waals surface area contributed by atoms with Crippen molar-refractivity contribution in [1.82, 2.24) is 19.7 Å². The fourth-order valence-electron chi connectivity index (χ4n) is 2.59. The van der Waals surface area contributed by atoms with Crippen molar-refractivity contribution in [2.24, 2.45) is 7.05 Å². The van der Waals surface area contributed by atoms with Gasteiger partial charge in [0.25, 0.3) is 0 Å². The van der Waals surface area contributed by atoms with Crippen LogP contribution >= 0.6 is 0 Å². The second kappa shape index (κ2) is 4.80. The van der Waals surface area contributed by atoms with E-state index < -0.39 is 0 Å². The average molecular weight is 290 g/mol. The number of aryl methyl sites for hydroxylation is 2. The summed E-state index contributed by atoms with van der Waals surface area (Å²) in [7, 11) is 2.04. The second-order valence-corrected chi connectivity index (χ2v) is 5.29. The summed E-state index contributed by atoms with van der Waals surface area (Å²) in [5.41, 5.74) is 4.18. The van der Waals surface area contributed by atoms with Crippen LogP contribution in [0.1, 0.15) is 5.89 Å². The third kappa shape index (κ3) is 2.07. The van der Waals surface area contributed by atoms with Crippen molar-refractivity contribution < 1.29 is 4.42 Å². The third-order valence-corrected chi connectivity index (χ3v) is 3.73. The summed E-state index contributed by atoms with van der Waals surface area (Å²) in [4.78, 5) is 4.30. The number of fused-ring (bicyclic) bond motifs is 1. The van der Waals surface area contributed by atoms with Crippen molar-refractivity contribution >= 4 is 10.9 Å². The van der Waals surface area contributed by atoms with Crippen molar-refractivity contribution in [1.29, 1.82) is 0 Å². The zero-order valence-electron chi connectivity index (χ0n) is 12.3. The second-order valence-electron chi connectivity index (χ2n) is 5.29. The molecule has 0 unspecified atom stereocenters. The van der Waals surface area contributed by atoms with Crippen LogP contribution in [0.4, 0.5) is 0 Å². The lowest BCUT2D eigenvalue weighted by Crippen LogP contribution is -1.86. The van der Waals surface area contributed by atoms with E-state index in [0.29, 0.717) is 11.8 Å². The Morgan fingerprint density at radius 1 is 0.955 bits per heavy atom. The standard InChI is InChI=1S/C17H14N4O/c1-11-19-20-17(22-11)15-8-14(9-18-10-15)12-3-4-16-13(7-12)5-6-21(16)2/h3-10H,1-2H3. The van der Waals surface area contributed by atoms with E-state index in [0.717, 1.165) is 16.7 Å². The molecule has 0 radical (unpaired) electrons. The molecule has 0 aliphatic heterocycles. The van der Waals surface area contributed by atoms with Crippen LogP contribution in [0, 0.1) is 6.92 Å². The Hall–Kier alpha value is -2.95. The summed E-state index contributed by atoms with van der Waals surface area (Å²) in [6.07, 6.45) is 5.64. The van der Waals surface area contributed by atoms with Gasteiger partial charge in [0, 0.05) is 49.0 Å². The predicted octanol–water partition coefficient (Wildman–Crippen LogP) is 3.60. The molecule has 108 valence electrons. The van der Waals surface area contributed by atoms with Crippen LogP contribution in [0.5, 0.6) is 0 Å². The molecule has 0 amide bonds. The fourth-order valence-corrected chi connectivity index (χ4v) is 2.59. The molecule has 0 spiro atoms. The zero-order valence-corrected chi connectivity index (χ0v) is 12.3. The number of hydrogen-bond acceptors (Lipinski definition) is 4. The van der Waals surface area contributed by atoms with Gasteiger partial charge >= 0.3 is 0 Å². The Labute approximate surface area is 127 Å². The molecule has 22 heavy (non-hydrogen) atoms. The van der Waals surface area contributed by atoms with E-state index in [1.807, 2.05) is 19.3 Å². The van der Waals surface area contributed by atoms with E-state index in [9.17, 15) is 0 Å². The van der Waals surface area contributed by atoms with Crippen molar-refractivity contribution in [2.75, 3.05) is 0 Å². The maximum Gasteiger partial charge on any atom is 0.249 e. The molecule has 0 fully saturated rings. The van der Waals surface area contributed by atoms with Gasteiger partial charge in [0.1, 0.15) is 0 Å². The molecule has 3 aromatic heterocycles. The molecule has 0 saturated carbocycles. The molecule has 5 nitrogen and oxygen atoms in total. The molecule has 4 aromatic rings. The molecule has 0 bridgehead atoms. The molecule has 0 aliphatic carbocycles. The van der Waals surface area contributed by atoms with E-state index in [-0.39, 0.29) is 0 Å². The van der Waals surface area contributed by atoms with Gasteiger partial charge in [-0.1, -0.05) is 6.07 Å². The highest BCUT2D eigenvalue weighted by Gasteiger charge is 2.09. The molecule has 1 aromatic carbocycles. The first-order valence-electron chi connectivity index (χ1n) is 7.02. The first-order valence-corrected chi connectivity index (χ1v) is 7.02. The number of benzene rings is 1. The lowest BCUT2D eigenvalue weighted by Gasteiger charge is -2.04. The molecule has 0 aliphatic rings. The van der Waals surface area contributed by atoms with E-state index >= 15 is 0 Å². The molecule has 0 atom stereocenters. The molecule has 3 heterocycles. The van der Waals surface area contributed by atoms with E-state index in [2.05, 4.69) is 50.2 Å². The van der Waals surface area contributed by atoms with Crippen LogP contribution in [0.2, 0.25) is 0 Å². The van der Waals surface area contributed by atoms with Gasteiger partial charge in [-0.2, -0.15) is 0 Å². The van der Waals surface area contributed by atoms with Crippen LogP contribution in [0.3, 0.4) is 0 Å². The highest BCUT2D eigenvalue weighted by molar-refractivity contribution is 5.86. The number of nitrogens with zero attached hydrogens (tertiary/aromatic N) is 4. The summed E-state index contributed by atoms with van der Waals surface area (Å²) in [6, 6.07) is 10.5. The quantitative estimate of drug-likeness (QED) is 0.566. The molecule has 0 saturated heterocycles. The van der Waals surface area contributed by atoms with Crippen molar-refractivity contribution in [2.45, 2.75) is 6.92 Å². The average Bonchev–Trinajstić information content (AvgIpc) is 3.14. The first kappa shape index (κ1) is 12.8. The molecular formula is C17H14N4O. The summed E-state index contributed by atoms with van der Waals surface area (Å²) in [6.45, 7) is 1.77. The Kier molecular flexibility index (Phi) is 2.79. The van der Waals surface area contributed by atoms with Gasteiger partial charge in [0.2, 0.25) is 11.8 Å². The van der Waals surface area contributed by atoms with Crippen molar-refractivity contribution in [3.63, 3.8) is 0 Å². The zero-order chi connectivity index (χ0) is 15.1. The Balaban J connectivity index is 1.80. The number of pyridine rings is 1. The maximum atomic E-state index is 5.47. The lowest BCUT2D eigenvalue weighted by molar-refractivity contribution is 0.532. The highest BCUT2D eigenvalue weighted by atomic mass is 16.4. The minimum atomic E-state index is 0.493. The number of aromatic nitrogens is 4.